The minimum Gasteiger partial charge on any atom is -0.497 e. The number of ether oxygens (including phenoxy) is 2. The van der Waals surface area contributed by atoms with Crippen LogP contribution in [0.15, 0.2) is 36.4 Å². The first-order chi connectivity index (χ1) is 13.9. The summed E-state index contributed by atoms with van der Waals surface area (Å²) in [5.74, 6) is 1.62. The van der Waals surface area contributed by atoms with E-state index in [0.717, 1.165) is 48.6 Å². The zero-order chi connectivity index (χ0) is 20.6. The predicted octanol–water partition coefficient (Wildman–Crippen LogP) is 3.70. The summed E-state index contributed by atoms with van der Waals surface area (Å²) in [7, 11) is 1.64. The van der Waals surface area contributed by atoms with Crippen LogP contribution in [0.1, 0.15) is 53.7 Å². The number of hydrogen-bond acceptors (Lipinski definition) is 5. The van der Waals surface area contributed by atoms with Crippen molar-refractivity contribution in [1.82, 2.24) is 4.90 Å². The van der Waals surface area contributed by atoms with Gasteiger partial charge in [-0.2, -0.15) is 0 Å². The number of methoxy groups -OCH3 is 1. The molecule has 2 aromatic rings. The van der Waals surface area contributed by atoms with Gasteiger partial charge in [0.25, 0.3) is 0 Å². The molecule has 0 radical (unpaired) electrons. The molecule has 2 heterocycles. The van der Waals surface area contributed by atoms with Crippen LogP contribution in [-0.2, 0) is 0 Å². The van der Waals surface area contributed by atoms with Gasteiger partial charge in [-0.15, -0.1) is 0 Å². The molecule has 5 heteroatoms. The predicted molar refractivity (Wildman–Crippen MR) is 112 cm³/mol. The smallest absolute Gasteiger partial charge is 0.126 e. The average molecular weight is 398 g/mol. The highest BCUT2D eigenvalue weighted by Crippen LogP contribution is 2.45. The fraction of sp³-hybridized carbons (Fsp3) is 0.500. The molecule has 2 aromatic carbocycles. The molecular weight excluding hydrogens is 366 g/mol. The van der Waals surface area contributed by atoms with Gasteiger partial charge < -0.3 is 24.6 Å². The van der Waals surface area contributed by atoms with Gasteiger partial charge in [-0.25, -0.2) is 0 Å². The number of aliphatic hydroxyl groups excluding tert-OH is 2. The standard InChI is InChI=1S/C24H31NO4/c1-16-12-20-21(26)14-24(29-23(20)13-17(16)2)8-10-25(11-9-24)15-22(27)18-4-6-19(28-3)7-5-18/h4-7,12-13,21-22,26-27H,8-11,14-15H2,1-3H3/t21-,22-/m0/s1. The maximum absolute atomic E-state index is 10.8. The number of nitrogens with zero attached hydrogens (tertiary/aromatic N) is 1. The molecule has 5 nitrogen and oxygen atoms in total. The van der Waals surface area contributed by atoms with Crippen molar-refractivity contribution in [2.24, 2.45) is 0 Å². The summed E-state index contributed by atoms with van der Waals surface area (Å²) >= 11 is 0. The van der Waals surface area contributed by atoms with E-state index in [4.69, 9.17) is 9.47 Å². The van der Waals surface area contributed by atoms with Crippen LogP contribution in [0.3, 0.4) is 0 Å². The van der Waals surface area contributed by atoms with E-state index in [-0.39, 0.29) is 5.60 Å². The lowest BCUT2D eigenvalue weighted by molar-refractivity contribution is -0.0588. The number of rotatable bonds is 4. The Bertz CT molecular complexity index is 856. The minimum atomic E-state index is -0.529. The van der Waals surface area contributed by atoms with Crippen LogP contribution in [0.4, 0.5) is 0 Å². The number of piperidine rings is 1. The lowest BCUT2D eigenvalue weighted by atomic mass is 9.81. The lowest BCUT2D eigenvalue weighted by Crippen LogP contribution is -2.51. The van der Waals surface area contributed by atoms with E-state index in [2.05, 4.69) is 30.9 Å². The van der Waals surface area contributed by atoms with Gasteiger partial charge in [-0.3, -0.25) is 0 Å². The highest BCUT2D eigenvalue weighted by atomic mass is 16.5. The van der Waals surface area contributed by atoms with Gasteiger partial charge >= 0.3 is 0 Å². The Morgan fingerprint density at radius 1 is 1.14 bits per heavy atom. The minimum absolute atomic E-state index is 0.310. The maximum Gasteiger partial charge on any atom is 0.126 e. The molecule has 1 spiro atoms. The Morgan fingerprint density at radius 3 is 2.45 bits per heavy atom. The number of benzene rings is 2. The largest absolute Gasteiger partial charge is 0.497 e. The van der Waals surface area contributed by atoms with Gasteiger partial charge in [0.05, 0.1) is 19.3 Å². The molecular formula is C24H31NO4. The number of hydrogen-bond donors (Lipinski definition) is 2. The summed E-state index contributed by atoms with van der Waals surface area (Å²) in [6, 6.07) is 11.7. The highest BCUT2D eigenvalue weighted by molar-refractivity contribution is 5.45. The lowest BCUT2D eigenvalue weighted by Gasteiger charge is -2.46. The number of aliphatic hydroxyl groups is 2. The van der Waals surface area contributed by atoms with Gasteiger partial charge in [0.1, 0.15) is 17.1 Å². The summed E-state index contributed by atoms with van der Waals surface area (Å²) in [6.07, 6.45) is 1.34. The monoisotopic (exact) mass is 397 g/mol. The molecule has 0 saturated carbocycles. The molecule has 1 saturated heterocycles. The SMILES string of the molecule is COc1ccc([C@@H](O)CN2CCC3(CC2)C[C@H](O)c2cc(C)c(C)cc2O3)cc1. The maximum atomic E-state index is 10.8. The number of β-amino-alcohol motifs (C(OH)–C–C–N with tert-alkyl or cyclic N) is 1. The summed E-state index contributed by atoms with van der Waals surface area (Å²) < 4.78 is 11.7. The Hall–Kier alpha value is -2.08. The van der Waals surface area contributed by atoms with Crippen LogP contribution >= 0.6 is 0 Å². The molecule has 0 bridgehead atoms. The Labute approximate surface area is 172 Å². The van der Waals surface area contributed by atoms with Gasteiger partial charge in [0.2, 0.25) is 0 Å². The van der Waals surface area contributed by atoms with Gasteiger partial charge in [0, 0.05) is 31.6 Å². The van der Waals surface area contributed by atoms with Crippen LogP contribution in [0.2, 0.25) is 0 Å². The fourth-order valence-electron chi connectivity index (χ4n) is 4.52. The molecule has 0 amide bonds. The second-order valence-electron chi connectivity index (χ2n) is 8.57. The van der Waals surface area contributed by atoms with Gasteiger partial charge in [-0.1, -0.05) is 12.1 Å². The molecule has 0 aromatic heterocycles. The van der Waals surface area contributed by atoms with Crippen LogP contribution < -0.4 is 9.47 Å². The molecule has 2 aliphatic rings. The van der Waals surface area contributed by atoms with Crippen molar-refractivity contribution in [2.45, 2.75) is 50.9 Å². The summed E-state index contributed by atoms with van der Waals surface area (Å²) in [5.41, 5.74) is 3.87. The Balaban J connectivity index is 1.39. The van der Waals surface area contributed by atoms with Crippen molar-refractivity contribution in [3.05, 3.63) is 58.7 Å². The van der Waals surface area contributed by atoms with E-state index in [0.29, 0.717) is 13.0 Å². The summed E-state index contributed by atoms with van der Waals surface area (Å²) in [5, 5.41) is 21.4. The quantitative estimate of drug-likeness (QED) is 0.824. The molecule has 2 aliphatic heterocycles. The molecule has 2 atom stereocenters. The Morgan fingerprint density at radius 2 is 1.79 bits per heavy atom. The number of likely N-dealkylation sites (tertiary alicyclic amines) is 1. The topological polar surface area (TPSA) is 62.2 Å². The second-order valence-corrected chi connectivity index (χ2v) is 8.57. The molecule has 2 N–H and O–H groups in total. The molecule has 0 aliphatic carbocycles. The molecule has 29 heavy (non-hydrogen) atoms. The van der Waals surface area contributed by atoms with Crippen LogP contribution in [0, 0.1) is 13.8 Å². The number of fused-ring (bicyclic) bond motifs is 1. The first-order valence-corrected chi connectivity index (χ1v) is 10.4. The molecule has 4 rings (SSSR count). The third-order valence-corrected chi connectivity index (χ3v) is 6.58. The highest BCUT2D eigenvalue weighted by Gasteiger charge is 2.43. The van der Waals surface area contributed by atoms with Crippen LogP contribution in [0.25, 0.3) is 0 Å². The van der Waals surface area contributed by atoms with Crippen molar-refractivity contribution in [3.8, 4) is 11.5 Å². The van der Waals surface area contributed by atoms with Crippen molar-refractivity contribution < 1.29 is 19.7 Å². The van der Waals surface area contributed by atoms with E-state index in [1.807, 2.05) is 24.3 Å². The van der Waals surface area contributed by atoms with Crippen molar-refractivity contribution in [1.29, 1.82) is 0 Å². The van der Waals surface area contributed by atoms with Crippen molar-refractivity contribution >= 4 is 0 Å². The molecule has 156 valence electrons. The first kappa shape index (κ1) is 20.2. The van der Waals surface area contributed by atoms with Crippen LogP contribution in [-0.4, -0.2) is 47.5 Å². The van der Waals surface area contributed by atoms with E-state index >= 15 is 0 Å². The van der Waals surface area contributed by atoms with E-state index < -0.39 is 12.2 Å². The number of aryl methyl sites for hydroxylation is 2. The Kier molecular flexibility index (Phi) is 5.56. The van der Waals surface area contributed by atoms with E-state index in [1.165, 1.54) is 11.1 Å². The molecule has 1 fully saturated rings. The zero-order valence-electron chi connectivity index (χ0n) is 17.5. The fourth-order valence-corrected chi connectivity index (χ4v) is 4.52. The first-order valence-electron chi connectivity index (χ1n) is 10.4. The van der Waals surface area contributed by atoms with E-state index in [1.54, 1.807) is 7.11 Å². The van der Waals surface area contributed by atoms with Crippen LogP contribution in [0.5, 0.6) is 11.5 Å². The summed E-state index contributed by atoms with van der Waals surface area (Å²) in [6.45, 7) is 6.44. The molecule has 0 unspecified atom stereocenters. The van der Waals surface area contributed by atoms with Crippen molar-refractivity contribution in [2.75, 3.05) is 26.7 Å². The van der Waals surface area contributed by atoms with E-state index in [9.17, 15) is 10.2 Å². The van der Waals surface area contributed by atoms with Gasteiger partial charge in [-0.05, 0) is 67.6 Å². The van der Waals surface area contributed by atoms with Crippen molar-refractivity contribution in [3.63, 3.8) is 0 Å². The second kappa shape index (κ2) is 7.98. The average Bonchev–Trinajstić information content (AvgIpc) is 2.71. The third-order valence-electron chi connectivity index (χ3n) is 6.58. The normalized spacial score (nSPS) is 22.0. The summed E-state index contributed by atoms with van der Waals surface area (Å²) in [4.78, 5) is 2.28. The third kappa shape index (κ3) is 4.13. The zero-order valence-corrected chi connectivity index (χ0v) is 17.5. The van der Waals surface area contributed by atoms with Gasteiger partial charge in [0.15, 0.2) is 0 Å².